The van der Waals surface area contributed by atoms with E-state index in [-0.39, 0.29) is 106 Å². The highest BCUT2D eigenvalue weighted by molar-refractivity contribution is 5.66. The molecule has 2 saturated heterocycles. The Morgan fingerprint density at radius 1 is 0.578 bits per heavy atom. The van der Waals surface area contributed by atoms with Crippen LogP contribution >= 0.6 is 0 Å². The molecule has 240 valence electrons. The van der Waals surface area contributed by atoms with Gasteiger partial charge in [-0.2, -0.15) is 0 Å². The molecule has 13 nitrogen and oxygen atoms in total. The number of hydrogen-bond acceptors (Lipinski definition) is 13. The minimum Gasteiger partial charge on any atom is -0.465 e. The Hall–Kier alpha value is -4.07. The van der Waals surface area contributed by atoms with Crippen LogP contribution in [-0.4, -0.2) is 63.0 Å². The normalized spacial score (nSPS) is 29.9. The fourth-order valence-electron chi connectivity index (χ4n) is 7.27. The van der Waals surface area contributed by atoms with Crippen LogP contribution < -0.4 is 18.9 Å². The quantitative estimate of drug-likeness (QED) is 0.354. The number of benzene rings is 2. The summed E-state index contributed by atoms with van der Waals surface area (Å²) in [5, 5.41) is 9.67. The first-order valence-electron chi connectivity index (χ1n) is 14.9. The molecular weight excluding hydrogens is 592 g/mol. The van der Waals surface area contributed by atoms with Gasteiger partial charge in [0.2, 0.25) is 13.6 Å². The molecule has 0 aliphatic carbocycles. The van der Waals surface area contributed by atoms with Crippen LogP contribution in [0, 0.1) is 23.7 Å². The van der Waals surface area contributed by atoms with Crippen molar-refractivity contribution in [3.63, 3.8) is 0 Å². The summed E-state index contributed by atoms with van der Waals surface area (Å²) >= 11 is 0. The lowest BCUT2D eigenvalue weighted by atomic mass is 9.76. The minimum absolute atomic E-state index is 0.000972. The topological polar surface area (TPSA) is 155 Å². The molecule has 0 radical (unpaired) electrons. The van der Waals surface area contributed by atoms with Crippen molar-refractivity contribution in [3.8, 4) is 23.0 Å². The van der Waals surface area contributed by atoms with Gasteiger partial charge in [0.15, 0.2) is 23.0 Å². The van der Waals surface area contributed by atoms with Gasteiger partial charge in [-0.25, -0.2) is 0 Å². The Morgan fingerprint density at radius 2 is 0.867 bits per heavy atom. The molecular formula is C32H34O13. The lowest BCUT2D eigenvalue weighted by molar-refractivity contribution is -0.146. The van der Waals surface area contributed by atoms with Gasteiger partial charge in [0.1, 0.15) is 0 Å². The highest BCUT2D eigenvalue weighted by atomic mass is 16.7. The van der Waals surface area contributed by atoms with Crippen molar-refractivity contribution in [2.75, 3.05) is 40.0 Å². The first kappa shape index (κ1) is 29.6. The van der Waals surface area contributed by atoms with E-state index in [2.05, 4.69) is 0 Å². The second-order valence-corrected chi connectivity index (χ2v) is 11.9. The Labute approximate surface area is 258 Å². The number of hydrogen-bond donors (Lipinski definition) is 1. The van der Waals surface area contributed by atoms with Crippen LogP contribution in [0.5, 0.6) is 23.0 Å². The molecule has 13 heteroatoms. The molecule has 45 heavy (non-hydrogen) atoms. The van der Waals surface area contributed by atoms with E-state index < -0.39 is 0 Å². The number of rotatable bonds is 7. The van der Waals surface area contributed by atoms with E-state index in [4.69, 9.17) is 42.6 Å². The van der Waals surface area contributed by atoms with Crippen molar-refractivity contribution in [2.24, 2.45) is 23.7 Å². The summed E-state index contributed by atoms with van der Waals surface area (Å²) in [6, 6.07) is 7.75. The van der Waals surface area contributed by atoms with Gasteiger partial charge in [-0.15, -0.1) is 0 Å². The van der Waals surface area contributed by atoms with Crippen molar-refractivity contribution >= 4 is 17.9 Å². The maximum Gasteiger partial charge on any atom is 0.302 e. The van der Waals surface area contributed by atoms with Crippen LogP contribution in [0.25, 0.3) is 0 Å². The molecule has 2 aromatic rings. The number of fused-ring (bicyclic) bond motifs is 12. The molecule has 0 aromatic heterocycles. The summed E-state index contributed by atoms with van der Waals surface area (Å²) in [6.45, 7) is 5.30. The number of carbonyl (C=O) groups is 3. The Balaban J connectivity index is 0.000000146. The number of esters is 3. The lowest BCUT2D eigenvalue weighted by Gasteiger charge is -2.28. The van der Waals surface area contributed by atoms with Crippen molar-refractivity contribution in [2.45, 2.75) is 45.2 Å². The number of aliphatic hydroxyl groups is 1. The van der Waals surface area contributed by atoms with Crippen molar-refractivity contribution in [3.05, 3.63) is 46.5 Å². The summed E-state index contributed by atoms with van der Waals surface area (Å²) in [4.78, 5) is 33.4. The second kappa shape index (κ2) is 11.7. The fraction of sp³-hybridized carbons (Fsp3) is 0.531. The monoisotopic (exact) mass is 626 g/mol. The molecule has 2 aromatic carbocycles. The Morgan fingerprint density at radius 3 is 1.16 bits per heavy atom. The lowest BCUT2D eigenvalue weighted by Crippen LogP contribution is -2.30. The van der Waals surface area contributed by atoms with Crippen LogP contribution in [0.3, 0.4) is 0 Å². The van der Waals surface area contributed by atoms with E-state index in [1.54, 1.807) is 0 Å². The van der Waals surface area contributed by atoms with E-state index in [9.17, 15) is 19.5 Å². The zero-order chi connectivity index (χ0) is 31.4. The fourth-order valence-corrected chi connectivity index (χ4v) is 7.27. The minimum atomic E-state index is -0.338. The van der Waals surface area contributed by atoms with Crippen molar-refractivity contribution in [1.29, 1.82) is 0 Å². The zero-order valence-electron chi connectivity index (χ0n) is 25.0. The maximum absolute atomic E-state index is 11.2. The Kier molecular flexibility index (Phi) is 7.70. The standard InChI is InChI=1S/C17H18O7.C15H16O6/c1-8(18)20-5-12-13(6-21-9(2)19)17-11-4-15-14(22-7-23-15)3-10(11)16(12)24-17;1-7(17)18-5-11-10(4-16)14-8-2-12-13(20-6-19-12)3-9(8)15(11)21-14/h3-4,12-13,16-17H,5-7H2,1-2H3;2-3,10-11,14-16H,4-6H2,1H3/t12-,13+,16-,17?;10-,11+,14-,15?/m00/s1. The molecule has 4 bridgehead atoms. The summed E-state index contributed by atoms with van der Waals surface area (Å²) < 4.78 is 49.4. The van der Waals surface area contributed by atoms with Crippen molar-refractivity contribution in [1.82, 2.24) is 0 Å². The molecule has 1 N–H and O–H groups in total. The van der Waals surface area contributed by atoms with Crippen LogP contribution in [0.2, 0.25) is 0 Å². The van der Waals surface area contributed by atoms with Crippen LogP contribution in [0.1, 0.15) is 67.4 Å². The molecule has 0 spiro atoms. The molecule has 8 rings (SSSR count). The average molecular weight is 627 g/mol. The van der Waals surface area contributed by atoms with E-state index in [0.29, 0.717) is 11.5 Å². The van der Waals surface area contributed by atoms with Crippen molar-refractivity contribution < 1.29 is 62.1 Å². The molecule has 6 aliphatic heterocycles. The predicted molar refractivity (Wildman–Crippen MR) is 149 cm³/mol. The highest BCUT2D eigenvalue weighted by Gasteiger charge is 2.54. The second-order valence-electron chi connectivity index (χ2n) is 11.9. The van der Waals surface area contributed by atoms with E-state index in [0.717, 1.165) is 33.8 Å². The van der Waals surface area contributed by atoms with Crippen LogP contribution in [-0.2, 0) is 38.1 Å². The molecule has 6 heterocycles. The summed E-state index contributed by atoms with van der Waals surface area (Å²) in [7, 11) is 0. The number of ether oxygens (including phenoxy) is 9. The molecule has 2 fully saturated rings. The molecule has 0 saturated carbocycles. The molecule has 6 aliphatic rings. The van der Waals surface area contributed by atoms with Gasteiger partial charge in [0, 0.05) is 51.0 Å². The summed E-state index contributed by atoms with van der Waals surface area (Å²) in [6.07, 6.45) is -0.764. The summed E-state index contributed by atoms with van der Waals surface area (Å²) in [5.41, 5.74) is 4.15. The van der Waals surface area contributed by atoms with Gasteiger partial charge in [-0.05, 0) is 46.5 Å². The third-order valence-corrected chi connectivity index (χ3v) is 9.27. The number of aliphatic hydroxyl groups excluding tert-OH is 1. The van der Waals surface area contributed by atoms with Gasteiger partial charge in [-0.1, -0.05) is 0 Å². The highest BCUT2D eigenvalue weighted by Crippen LogP contribution is 2.60. The smallest absolute Gasteiger partial charge is 0.302 e. The average Bonchev–Trinajstić information content (AvgIpc) is 3.85. The zero-order valence-corrected chi connectivity index (χ0v) is 25.0. The van der Waals surface area contributed by atoms with Gasteiger partial charge < -0.3 is 47.7 Å². The van der Waals surface area contributed by atoms with Gasteiger partial charge in [0.25, 0.3) is 0 Å². The van der Waals surface area contributed by atoms with E-state index in [1.165, 1.54) is 20.8 Å². The molecule has 0 amide bonds. The summed E-state index contributed by atoms with van der Waals surface area (Å²) in [5.74, 6) is 1.62. The van der Waals surface area contributed by atoms with E-state index in [1.807, 2.05) is 24.3 Å². The third kappa shape index (κ3) is 5.22. The van der Waals surface area contributed by atoms with Crippen LogP contribution in [0.15, 0.2) is 24.3 Å². The first-order chi connectivity index (χ1) is 21.7. The largest absolute Gasteiger partial charge is 0.465 e. The van der Waals surface area contributed by atoms with Gasteiger partial charge >= 0.3 is 17.9 Å². The maximum atomic E-state index is 11.2. The Bertz CT molecular complexity index is 1460. The van der Waals surface area contributed by atoms with E-state index >= 15 is 0 Å². The molecule has 8 atom stereocenters. The van der Waals surface area contributed by atoms with Gasteiger partial charge in [-0.3, -0.25) is 14.4 Å². The number of carbonyl (C=O) groups excluding carboxylic acids is 3. The first-order valence-corrected chi connectivity index (χ1v) is 14.9. The third-order valence-electron chi connectivity index (χ3n) is 9.27. The van der Waals surface area contributed by atoms with Gasteiger partial charge in [0.05, 0.1) is 44.2 Å². The van der Waals surface area contributed by atoms with Crippen LogP contribution in [0.4, 0.5) is 0 Å². The molecule has 2 unspecified atom stereocenters. The predicted octanol–water partition coefficient (Wildman–Crippen LogP) is 3.23. The SMILES string of the molecule is CC(=O)OC[C@@H]1[C@H]2OC(c3cc4c(cc32)OCO4)[C@@H]1COC(C)=O.CC(=O)OC[C@H]1C2O[C@@H](c3cc4c(cc32)OCO4)[C@H]1CO.